The number of primary sulfonamides is 1. The molecule has 1 heterocycles. The van der Waals surface area contributed by atoms with E-state index in [1.807, 2.05) is 0 Å². The molecule has 3 N–H and O–H groups in total. The van der Waals surface area contributed by atoms with Gasteiger partial charge in [-0.25, -0.2) is 13.6 Å². The average Bonchev–Trinajstić information content (AvgIpc) is 2.94. The Kier molecular flexibility index (Phi) is 4.48. The van der Waals surface area contributed by atoms with Gasteiger partial charge in [-0.2, -0.15) is 0 Å². The summed E-state index contributed by atoms with van der Waals surface area (Å²) in [4.78, 5) is 12.2. The fourth-order valence-corrected chi connectivity index (χ4v) is 4.54. The predicted octanol–water partition coefficient (Wildman–Crippen LogP) is 1.00. The van der Waals surface area contributed by atoms with Crippen LogP contribution in [0.2, 0.25) is 0 Å². The van der Waals surface area contributed by atoms with E-state index in [-0.39, 0.29) is 22.3 Å². The van der Waals surface area contributed by atoms with Gasteiger partial charge in [-0.15, -0.1) is 11.3 Å². The van der Waals surface area contributed by atoms with Gasteiger partial charge in [0.15, 0.2) is 0 Å². The quantitative estimate of drug-likeness (QED) is 0.865. The fourth-order valence-electron chi connectivity index (χ4n) is 2.52. The van der Waals surface area contributed by atoms with Crippen molar-refractivity contribution >= 4 is 27.3 Å². The zero-order valence-corrected chi connectivity index (χ0v) is 13.0. The van der Waals surface area contributed by atoms with E-state index in [2.05, 4.69) is 5.32 Å². The second-order valence-electron chi connectivity index (χ2n) is 4.89. The van der Waals surface area contributed by atoms with Gasteiger partial charge in [0.05, 0.1) is 17.7 Å². The molecule has 1 aliphatic rings. The van der Waals surface area contributed by atoms with Crippen molar-refractivity contribution in [2.45, 2.75) is 42.5 Å². The van der Waals surface area contributed by atoms with Crippen molar-refractivity contribution in [1.29, 1.82) is 0 Å². The highest BCUT2D eigenvalue weighted by atomic mass is 32.2. The number of carbonyl (C=O) groups is 1. The topological polar surface area (TPSA) is 98.5 Å². The van der Waals surface area contributed by atoms with Crippen molar-refractivity contribution in [3.05, 3.63) is 16.5 Å². The third kappa shape index (κ3) is 3.03. The highest BCUT2D eigenvalue weighted by Gasteiger charge is 2.30. The highest BCUT2D eigenvalue weighted by molar-refractivity contribution is 7.91. The molecular formula is C12H18N2O4S2. The molecule has 1 saturated carbocycles. The first-order valence-electron chi connectivity index (χ1n) is 6.29. The summed E-state index contributed by atoms with van der Waals surface area (Å²) < 4.78 is 28.1. The number of nitrogens with two attached hydrogens (primary N) is 1. The van der Waals surface area contributed by atoms with Crippen LogP contribution in [-0.2, 0) is 14.8 Å². The van der Waals surface area contributed by atoms with Gasteiger partial charge in [0.1, 0.15) is 4.21 Å². The van der Waals surface area contributed by atoms with Crippen LogP contribution < -0.4 is 10.5 Å². The lowest BCUT2D eigenvalue weighted by Crippen LogP contribution is -2.40. The number of methoxy groups -OCH3 is 1. The Morgan fingerprint density at radius 3 is 2.75 bits per heavy atom. The van der Waals surface area contributed by atoms with Gasteiger partial charge in [-0.1, -0.05) is 0 Å². The van der Waals surface area contributed by atoms with E-state index in [1.54, 1.807) is 14.0 Å². The largest absolute Gasteiger partial charge is 0.379 e. The third-order valence-corrected chi connectivity index (χ3v) is 6.25. The maximum Gasteiger partial charge on any atom is 0.252 e. The van der Waals surface area contributed by atoms with Gasteiger partial charge in [-0.3, -0.25) is 4.79 Å². The number of nitrogens with one attached hydrogen (secondary N) is 1. The molecule has 0 aliphatic heterocycles. The first-order chi connectivity index (χ1) is 9.34. The summed E-state index contributed by atoms with van der Waals surface area (Å²) in [6, 6.07) is -0.0234. The van der Waals surface area contributed by atoms with Gasteiger partial charge in [0.25, 0.3) is 5.91 Å². The molecule has 0 saturated heterocycles. The maximum absolute atomic E-state index is 12.2. The van der Waals surface area contributed by atoms with E-state index < -0.39 is 10.0 Å². The molecule has 1 aromatic heterocycles. The van der Waals surface area contributed by atoms with E-state index in [4.69, 9.17) is 9.88 Å². The standard InChI is InChI=1S/C12H18N2O4S2/c1-7-8(6-19-12(7)20(13,16)17)11(15)14-9-4-3-5-10(9)18-2/h6,9-10H,3-5H2,1-2H3,(H,14,15)(H2,13,16,17). The van der Waals surface area contributed by atoms with Crippen LogP contribution in [0.25, 0.3) is 0 Å². The van der Waals surface area contributed by atoms with Crippen LogP contribution in [0.3, 0.4) is 0 Å². The van der Waals surface area contributed by atoms with Crippen LogP contribution in [0.5, 0.6) is 0 Å². The molecule has 0 aromatic carbocycles. The smallest absolute Gasteiger partial charge is 0.252 e. The molecule has 8 heteroatoms. The molecule has 2 rings (SSSR count). The zero-order valence-electron chi connectivity index (χ0n) is 11.4. The Bertz CT molecular complexity index is 609. The van der Waals surface area contributed by atoms with Gasteiger partial charge >= 0.3 is 0 Å². The second kappa shape index (κ2) is 5.80. The Hall–Kier alpha value is -0.960. The van der Waals surface area contributed by atoms with Crippen LogP contribution in [0.1, 0.15) is 35.2 Å². The molecule has 112 valence electrons. The third-order valence-electron chi connectivity index (χ3n) is 3.57. The van der Waals surface area contributed by atoms with Crippen LogP contribution in [0, 0.1) is 6.92 Å². The Balaban J connectivity index is 2.16. The molecule has 6 nitrogen and oxygen atoms in total. The summed E-state index contributed by atoms with van der Waals surface area (Å²) >= 11 is 0.971. The lowest BCUT2D eigenvalue weighted by Gasteiger charge is -2.19. The Morgan fingerprint density at radius 1 is 1.50 bits per heavy atom. The summed E-state index contributed by atoms with van der Waals surface area (Å²) in [5.41, 5.74) is 0.766. The maximum atomic E-state index is 12.2. The molecule has 1 fully saturated rings. The van der Waals surface area contributed by atoms with E-state index >= 15 is 0 Å². The number of sulfonamides is 1. The summed E-state index contributed by atoms with van der Waals surface area (Å²) in [6.45, 7) is 1.59. The van der Waals surface area contributed by atoms with Crippen molar-refractivity contribution < 1.29 is 17.9 Å². The SMILES string of the molecule is COC1CCCC1NC(=O)c1csc(S(N)(=O)=O)c1C. The van der Waals surface area contributed by atoms with Gasteiger partial charge in [0, 0.05) is 12.5 Å². The van der Waals surface area contributed by atoms with Crippen molar-refractivity contribution in [3.63, 3.8) is 0 Å². The first kappa shape index (κ1) is 15.4. The van der Waals surface area contributed by atoms with E-state index in [0.717, 1.165) is 30.6 Å². The monoisotopic (exact) mass is 318 g/mol. The predicted molar refractivity (Wildman–Crippen MR) is 76.3 cm³/mol. The number of amides is 1. The summed E-state index contributed by atoms with van der Waals surface area (Å²) in [5.74, 6) is -0.275. The number of thiophene rings is 1. The number of hydrogen-bond acceptors (Lipinski definition) is 5. The highest BCUT2D eigenvalue weighted by Crippen LogP contribution is 2.27. The fraction of sp³-hybridized carbons (Fsp3) is 0.583. The van der Waals surface area contributed by atoms with Gasteiger partial charge in [0.2, 0.25) is 10.0 Å². The Morgan fingerprint density at radius 2 is 2.20 bits per heavy atom. The van der Waals surface area contributed by atoms with E-state index in [1.165, 1.54) is 5.38 Å². The number of ether oxygens (including phenoxy) is 1. The normalized spacial score (nSPS) is 22.9. The minimum absolute atomic E-state index is 0.0234. The van der Waals surface area contributed by atoms with E-state index in [9.17, 15) is 13.2 Å². The number of carbonyl (C=O) groups excluding carboxylic acids is 1. The summed E-state index contributed by atoms with van der Waals surface area (Å²) in [5, 5.41) is 9.55. The molecule has 2 unspecified atom stereocenters. The van der Waals surface area contributed by atoms with Crippen molar-refractivity contribution in [1.82, 2.24) is 5.32 Å². The van der Waals surface area contributed by atoms with Crippen molar-refractivity contribution in [2.24, 2.45) is 5.14 Å². The first-order valence-corrected chi connectivity index (χ1v) is 8.71. The van der Waals surface area contributed by atoms with Crippen molar-refractivity contribution in [2.75, 3.05) is 7.11 Å². The molecule has 20 heavy (non-hydrogen) atoms. The lowest BCUT2D eigenvalue weighted by molar-refractivity contribution is 0.0722. The summed E-state index contributed by atoms with van der Waals surface area (Å²) in [6.07, 6.45) is 2.83. The molecule has 1 aliphatic carbocycles. The minimum atomic E-state index is -3.78. The molecule has 0 radical (unpaired) electrons. The molecule has 1 aromatic rings. The van der Waals surface area contributed by atoms with Crippen LogP contribution in [0.4, 0.5) is 0 Å². The van der Waals surface area contributed by atoms with Crippen LogP contribution in [0.15, 0.2) is 9.59 Å². The molecule has 0 spiro atoms. The van der Waals surface area contributed by atoms with Crippen LogP contribution >= 0.6 is 11.3 Å². The lowest BCUT2D eigenvalue weighted by atomic mass is 10.1. The molecule has 0 bridgehead atoms. The van der Waals surface area contributed by atoms with E-state index in [0.29, 0.717) is 11.1 Å². The average molecular weight is 318 g/mol. The van der Waals surface area contributed by atoms with Gasteiger partial charge < -0.3 is 10.1 Å². The van der Waals surface area contributed by atoms with Gasteiger partial charge in [-0.05, 0) is 31.7 Å². The minimum Gasteiger partial charge on any atom is -0.379 e. The number of hydrogen-bond donors (Lipinski definition) is 2. The molecular weight excluding hydrogens is 300 g/mol. The second-order valence-corrected chi connectivity index (χ2v) is 7.53. The summed E-state index contributed by atoms with van der Waals surface area (Å²) in [7, 11) is -2.15. The van der Waals surface area contributed by atoms with Crippen LogP contribution in [-0.4, -0.2) is 33.6 Å². The zero-order chi connectivity index (χ0) is 14.9. The molecule has 1 amide bonds. The Labute approximate surface area is 122 Å². The molecule has 2 atom stereocenters. The number of rotatable bonds is 4. The van der Waals surface area contributed by atoms with Crippen molar-refractivity contribution in [3.8, 4) is 0 Å².